The molecule has 1 aromatic carbocycles. The fraction of sp³-hybridized carbons (Fsp3) is 0.391. The first-order valence-corrected chi connectivity index (χ1v) is 10.1. The highest BCUT2D eigenvalue weighted by Gasteiger charge is 2.43. The standard InChI is InChI=1S/C23H25N3O4/c1-14-10-18-19(28)13-23(30-20(18)11-15(14)2)5-8-26(9-6-23)22(29)17-4-7-24-21(12-17)25-16(3)27/h4,7,10-12H,5-6,8-9,13H2,1-3H3,(H,24,25,27). The minimum atomic E-state index is -0.553. The topological polar surface area (TPSA) is 88.6 Å². The van der Waals surface area contributed by atoms with Crippen molar-refractivity contribution < 1.29 is 19.1 Å². The zero-order chi connectivity index (χ0) is 21.5. The Kier molecular flexibility index (Phi) is 5.05. The van der Waals surface area contributed by atoms with Crippen LogP contribution in [-0.4, -0.2) is 46.2 Å². The second kappa shape index (κ2) is 7.55. The molecule has 1 fully saturated rings. The SMILES string of the molecule is CC(=O)Nc1cc(C(=O)N2CCC3(CC2)CC(=O)c2cc(C)c(C)cc2O3)ccn1. The van der Waals surface area contributed by atoms with Gasteiger partial charge in [0.2, 0.25) is 5.91 Å². The number of piperidine rings is 1. The molecule has 0 saturated carbocycles. The quantitative estimate of drug-likeness (QED) is 0.825. The summed E-state index contributed by atoms with van der Waals surface area (Å²) in [6.07, 6.45) is 3.04. The monoisotopic (exact) mass is 407 g/mol. The molecule has 0 bridgehead atoms. The van der Waals surface area contributed by atoms with Gasteiger partial charge in [0.05, 0.1) is 12.0 Å². The van der Waals surface area contributed by atoms with Gasteiger partial charge in [-0.05, 0) is 49.2 Å². The van der Waals surface area contributed by atoms with E-state index in [1.54, 1.807) is 17.0 Å². The first-order valence-electron chi connectivity index (χ1n) is 10.1. The minimum Gasteiger partial charge on any atom is -0.486 e. The van der Waals surface area contributed by atoms with Gasteiger partial charge in [-0.1, -0.05) is 0 Å². The third-order valence-electron chi connectivity index (χ3n) is 5.98. The van der Waals surface area contributed by atoms with Gasteiger partial charge in [-0.3, -0.25) is 14.4 Å². The number of ketones is 1. The summed E-state index contributed by atoms with van der Waals surface area (Å²) in [5.41, 5.74) is 2.76. The van der Waals surface area contributed by atoms with E-state index in [-0.39, 0.29) is 17.6 Å². The van der Waals surface area contributed by atoms with Crippen LogP contribution in [-0.2, 0) is 4.79 Å². The molecule has 4 rings (SSSR count). The Morgan fingerprint density at radius 3 is 2.53 bits per heavy atom. The molecule has 0 radical (unpaired) electrons. The highest BCUT2D eigenvalue weighted by atomic mass is 16.5. The summed E-state index contributed by atoms with van der Waals surface area (Å²) in [6.45, 7) is 6.41. The van der Waals surface area contributed by atoms with Crippen molar-refractivity contribution in [3.05, 3.63) is 52.7 Å². The summed E-state index contributed by atoms with van der Waals surface area (Å²) in [5, 5.41) is 2.59. The summed E-state index contributed by atoms with van der Waals surface area (Å²) in [7, 11) is 0. The number of nitrogens with zero attached hydrogens (tertiary/aromatic N) is 2. The number of anilines is 1. The van der Waals surface area contributed by atoms with Gasteiger partial charge < -0.3 is 15.0 Å². The Bertz CT molecular complexity index is 1040. The maximum absolute atomic E-state index is 12.9. The molecule has 2 aliphatic heterocycles. The number of hydrogen-bond donors (Lipinski definition) is 1. The highest BCUT2D eigenvalue weighted by Crippen LogP contribution is 2.40. The Morgan fingerprint density at radius 2 is 1.83 bits per heavy atom. The van der Waals surface area contributed by atoms with Gasteiger partial charge in [0.1, 0.15) is 17.2 Å². The van der Waals surface area contributed by atoms with Gasteiger partial charge in [0.25, 0.3) is 5.91 Å². The Balaban J connectivity index is 1.47. The number of carbonyl (C=O) groups excluding carboxylic acids is 3. The van der Waals surface area contributed by atoms with Gasteiger partial charge in [-0.2, -0.15) is 0 Å². The van der Waals surface area contributed by atoms with Crippen LogP contribution in [0.15, 0.2) is 30.5 Å². The van der Waals surface area contributed by atoms with E-state index >= 15 is 0 Å². The molecule has 1 spiro atoms. The molecule has 0 atom stereocenters. The van der Waals surface area contributed by atoms with Crippen LogP contribution in [0, 0.1) is 13.8 Å². The molecule has 1 N–H and O–H groups in total. The lowest BCUT2D eigenvalue weighted by Crippen LogP contribution is -2.52. The number of pyridine rings is 1. The fourth-order valence-electron chi connectivity index (χ4n) is 4.14. The zero-order valence-electron chi connectivity index (χ0n) is 17.4. The van der Waals surface area contributed by atoms with Crippen LogP contribution in [0.4, 0.5) is 5.82 Å². The van der Waals surface area contributed by atoms with E-state index in [0.29, 0.717) is 55.0 Å². The number of aromatic nitrogens is 1. The van der Waals surface area contributed by atoms with Gasteiger partial charge in [0.15, 0.2) is 5.78 Å². The second-order valence-electron chi connectivity index (χ2n) is 8.22. The first-order chi connectivity index (χ1) is 14.3. The molecule has 7 heteroatoms. The molecule has 7 nitrogen and oxygen atoms in total. The lowest BCUT2D eigenvalue weighted by atomic mass is 9.81. The van der Waals surface area contributed by atoms with Crippen molar-refractivity contribution in [3.8, 4) is 5.75 Å². The first kappa shape index (κ1) is 20.1. The van der Waals surface area contributed by atoms with Gasteiger partial charge in [-0.15, -0.1) is 0 Å². The summed E-state index contributed by atoms with van der Waals surface area (Å²) >= 11 is 0. The van der Waals surface area contributed by atoms with Crippen LogP contribution < -0.4 is 10.1 Å². The molecule has 2 amide bonds. The zero-order valence-corrected chi connectivity index (χ0v) is 17.4. The number of Topliss-reactive ketones (excluding diaryl/α,β-unsaturated/α-hetero) is 1. The van der Waals surface area contributed by atoms with Crippen LogP contribution in [0.3, 0.4) is 0 Å². The Morgan fingerprint density at radius 1 is 1.13 bits per heavy atom. The summed E-state index contributed by atoms with van der Waals surface area (Å²) in [5.74, 6) is 0.756. The predicted molar refractivity (Wildman–Crippen MR) is 112 cm³/mol. The number of hydrogen-bond acceptors (Lipinski definition) is 5. The summed E-state index contributed by atoms with van der Waals surface area (Å²) in [6, 6.07) is 7.08. The number of nitrogens with one attached hydrogen (secondary N) is 1. The Labute approximate surface area is 175 Å². The summed E-state index contributed by atoms with van der Waals surface area (Å²) < 4.78 is 6.35. The maximum Gasteiger partial charge on any atom is 0.254 e. The van der Waals surface area contributed by atoms with Crippen molar-refractivity contribution in [1.82, 2.24) is 9.88 Å². The number of carbonyl (C=O) groups is 3. The van der Waals surface area contributed by atoms with E-state index in [1.165, 1.54) is 13.1 Å². The average Bonchev–Trinajstić information content (AvgIpc) is 2.69. The van der Waals surface area contributed by atoms with Crippen LogP contribution >= 0.6 is 0 Å². The number of amides is 2. The van der Waals surface area contributed by atoms with E-state index in [9.17, 15) is 14.4 Å². The van der Waals surface area contributed by atoms with Gasteiger partial charge in [-0.25, -0.2) is 4.98 Å². The van der Waals surface area contributed by atoms with E-state index in [4.69, 9.17) is 4.74 Å². The number of likely N-dealkylation sites (tertiary alicyclic amines) is 1. The molecule has 0 unspecified atom stereocenters. The normalized spacial score (nSPS) is 17.3. The molecule has 2 aromatic rings. The number of benzene rings is 1. The molecule has 30 heavy (non-hydrogen) atoms. The van der Waals surface area contributed by atoms with E-state index in [2.05, 4.69) is 10.3 Å². The van der Waals surface area contributed by atoms with Crippen LogP contribution in [0.25, 0.3) is 0 Å². The van der Waals surface area contributed by atoms with E-state index in [1.807, 2.05) is 26.0 Å². The smallest absolute Gasteiger partial charge is 0.254 e. The minimum absolute atomic E-state index is 0.105. The van der Waals surface area contributed by atoms with Crippen molar-refractivity contribution in [2.45, 2.75) is 45.6 Å². The molecule has 1 aromatic heterocycles. The molecular formula is C23H25N3O4. The van der Waals surface area contributed by atoms with Crippen LogP contribution in [0.5, 0.6) is 5.75 Å². The lowest BCUT2D eigenvalue weighted by Gasteiger charge is -2.44. The van der Waals surface area contributed by atoms with Crippen molar-refractivity contribution in [3.63, 3.8) is 0 Å². The van der Waals surface area contributed by atoms with Crippen molar-refractivity contribution in [2.75, 3.05) is 18.4 Å². The van der Waals surface area contributed by atoms with E-state index < -0.39 is 5.60 Å². The molecule has 156 valence electrons. The van der Waals surface area contributed by atoms with Gasteiger partial charge >= 0.3 is 0 Å². The van der Waals surface area contributed by atoms with Crippen LogP contribution in [0.2, 0.25) is 0 Å². The maximum atomic E-state index is 12.9. The number of ether oxygens (including phenoxy) is 1. The molecule has 0 aliphatic carbocycles. The molecule has 1 saturated heterocycles. The largest absolute Gasteiger partial charge is 0.486 e. The predicted octanol–water partition coefficient (Wildman–Crippen LogP) is 3.30. The van der Waals surface area contributed by atoms with Crippen molar-refractivity contribution >= 4 is 23.4 Å². The Hall–Kier alpha value is -3.22. The lowest BCUT2D eigenvalue weighted by molar-refractivity contribution is -0.114. The van der Waals surface area contributed by atoms with Crippen LogP contribution in [0.1, 0.15) is 58.0 Å². The molecule has 2 aliphatic rings. The number of fused-ring (bicyclic) bond motifs is 1. The third-order valence-corrected chi connectivity index (χ3v) is 5.98. The molecule has 3 heterocycles. The van der Waals surface area contributed by atoms with Crippen molar-refractivity contribution in [1.29, 1.82) is 0 Å². The number of rotatable bonds is 2. The highest BCUT2D eigenvalue weighted by molar-refractivity contribution is 6.01. The second-order valence-corrected chi connectivity index (χ2v) is 8.22. The van der Waals surface area contributed by atoms with Gasteiger partial charge in [0, 0.05) is 44.6 Å². The fourth-order valence-corrected chi connectivity index (χ4v) is 4.14. The summed E-state index contributed by atoms with van der Waals surface area (Å²) in [4.78, 5) is 42.8. The number of aryl methyl sites for hydroxylation is 2. The third kappa shape index (κ3) is 3.79. The average molecular weight is 407 g/mol. The van der Waals surface area contributed by atoms with E-state index in [0.717, 1.165) is 11.1 Å². The van der Waals surface area contributed by atoms with Crippen molar-refractivity contribution in [2.24, 2.45) is 0 Å². The molecular weight excluding hydrogens is 382 g/mol.